The Hall–Kier alpha value is -2.51. The molecule has 4 rings (SSSR count). The Morgan fingerprint density at radius 1 is 1.17 bits per heavy atom. The molecule has 0 atom stereocenters. The molecule has 0 saturated carbocycles. The summed E-state index contributed by atoms with van der Waals surface area (Å²) in [4.78, 5) is 18.6. The third kappa shape index (κ3) is 2.76. The number of rotatable bonds is 3. The highest BCUT2D eigenvalue weighted by molar-refractivity contribution is 7.18. The number of nitrogens with zero attached hydrogens (tertiary/aromatic N) is 3. The molecule has 1 N–H and O–H groups in total. The molecule has 0 aliphatic heterocycles. The molecular weight excluding hydrogens is 336 g/mol. The van der Waals surface area contributed by atoms with E-state index in [0.717, 1.165) is 15.3 Å². The van der Waals surface area contributed by atoms with Crippen molar-refractivity contribution >= 4 is 33.2 Å². The number of pyridine rings is 1. The van der Waals surface area contributed by atoms with Crippen molar-refractivity contribution in [2.24, 2.45) is 0 Å². The lowest BCUT2D eigenvalue weighted by Crippen LogP contribution is -2.04. The van der Waals surface area contributed by atoms with Crippen molar-refractivity contribution in [3.63, 3.8) is 0 Å². The SMILES string of the molecule is O=c1[nH]ccc2sc(Cc3nnc(-c4ccc(Cl)cc4)o3)nc12. The highest BCUT2D eigenvalue weighted by atomic mass is 35.5. The average molecular weight is 345 g/mol. The van der Waals surface area contributed by atoms with E-state index in [-0.39, 0.29) is 5.56 Å². The summed E-state index contributed by atoms with van der Waals surface area (Å²) in [5.41, 5.74) is 1.04. The van der Waals surface area contributed by atoms with E-state index in [1.807, 2.05) is 18.2 Å². The van der Waals surface area contributed by atoms with E-state index in [1.54, 1.807) is 18.3 Å². The average Bonchev–Trinajstić information content (AvgIpc) is 3.16. The van der Waals surface area contributed by atoms with Gasteiger partial charge in [-0.15, -0.1) is 21.5 Å². The lowest BCUT2D eigenvalue weighted by atomic mass is 10.2. The summed E-state index contributed by atoms with van der Waals surface area (Å²) in [5, 5.41) is 9.47. The fraction of sp³-hybridized carbons (Fsp3) is 0.0667. The van der Waals surface area contributed by atoms with Gasteiger partial charge < -0.3 is 9.40 Å². The number of aromatic amines is 1. The van der Waals surface area contributed by atoms with Crippen LogP contribution in [0.25, 0.3) is 21.7 Å². The first-order valence-corrected chi connectivity index (χ1v) is 7.94. The van der Waals surface area contributed by atoms with E-state index in [2.05, 4.69) is 20.2 Å². The number of thiazole rings is 1. The fourth-order valence-corrected chi connectivity index (χ4v) is 3.24. The second-order valence-corrected chi connectivity index (χ2v) is 6.36. The molecule has 0 amide bonds. The summed E-state index contributed by atoms with van der Waals surface area (Å²) in [6.07, 6.45) is 2.00. The zero-order chi connectivity index (χ0) is 15.8. The zero-order valence-corrected chi connectivity index (χ0v) is 13.2. The van der Waals surface area contributed by atoms with Crippen molar-refractivity contribution in [1.29, 1.82) is 0 Å². The Morgan fingerprint density at radius 2 is 2.00 bits per heavy atom. The van der Waals surface area contributed by atoms with Crippen LogP contribution in [0.4, 0.5) is 0 Å². The molecule has 3 aromatic heterocycles. The Morgan fingerprint density at radius 3 is 2.78 bits per heavy atom. The summed E-state index contributed by atoms with van der Waals surface area (Å²) >= 11 is 7.30. The van der Waals surface area contributed by atoms with Crippen LogP contribution < -0.4 is 5.56 Å². The molecule has 0 unspecified atom stereocenters. The molecule has 6 nitrogen and oxygen atoms in total. The Labute approximate surface area is 138 Å². The molecular formula is C15H9ClN4O2S. The van der Waals surface area contributed by atoms with Gasteiger partial charge in [-0.2, -0.15) is 0 Å². The summed E-state index contributed by atoms with van der Waals surface area (Å²) in [6.45, 7) is 0. The maximum absolute atomic E-state index is 11.7. The van der Waals surface area contributed by atoms with Crippen LogP contribution in [-0.4, -0.2) is 20.2 Å². The minimum Gasteiger partial charge on any atom is -0.420 e. The molecule has 0 radical (unpaired) electrons. The minimum atomic E-state index is -0.197. The van der Waals surface area contributed by atoms with Gasteiger partial charge in [0.1, 0.15) is 10.5 Å². The van der Waals surface area contributed by atoms with E-state index in [4.69, 9.17) is 16.0 Å². The van der Waals surface area contributed by atoms with Gasteiger partial charge >= 0.3 is 0 Å². The van der Waals surface area contributed by atoms with Gasteiger partial charge in [0.25, 0.3) is 5.56 Å². The van der Waals surface area contributed by atoms with Crippen molar-refractivity contribution in [1.82, 2.24) is 20.2 Å². The maximum atomic E-state index is 11.7. The molecule has 0 aliphatic rings. The van der Waals surface area contributed by atoms with Gasteiger partial charge in [0.2, 0.25) is 11.8 Å². The number of benzene rings is 1. The normalized spacial score (nSPS) is 11.2. The topological polar surface area (TPSA) is 84.7 Å². The highest BCUT2D eigenvalue weighted by Crippen LogP contribution is 2.23. The van der Waals surface area contributed by atoms with Gasteiger partial charge in [-0.3, -0.25) is 4.79 Å². The first-order chi connectivity index (χ1) is 11.2. The first kappa shape index (κ1) is 14.1. The smallest absolute Gasteiger partial charge is 0.275 e. The van der Waals surface area contributed by atoms with Crippen LogP contribution in [0, 0.1) is 0 Å². The molecule has 0 fully saturated rings. The van der Waals surface area contributed by atoms with Crippen LogP contribution in [-0.2, 0) is 6.42 Å². The van der Waals surface area contributed by atoms with E-state index in [0.29, 0.717) is 28.7 Å². The number of fused-ring (bicyclic) bond motifs is 1. The van der Waals surface area contributed by atoms with Gasteiger partial charge in [0, 0.05) is 16.8 Å². The van der Waals surface area contributed by atoms with Crippen molar-refractivity contribution in [3.8, 4) is 11.5 Å². The highest BCUT2D eigenvalue weighted by Gasteiger charge is 2.13. The van der Waals surface area contributed by atoms with E-state index in [9.17, 15) is 4.79 Å². The molecule has 3 heterocycles. The third-order valence-corrected chi connectivity index (χ3v) is 4.49. The molecule has 0 saturated heterocycles. The first-order valence-electron chi connectivity index (χ1n) is 6.74. The van der Waals surface area contributed by atoms with Crippen LogP contribution in [0.2, 0.25) is 5.02 Å². The lowest BCUT2D eigenvalue weighted by molar-refractivity contribution is 0.518. The second-order valence-electron chi connectivity index (χ2n) is 4.81. The van der Waals surface area contributed by atoms with E-state index >= 15 is 0 Å². The number of halogens is 1. The number of nitrogens with one attached hydrogen (secondary N) is 1. The van der Waals surface area contributed by atoms with Crippen LogP contribution >= 0.6 is 22.9 Å². The molecule has 0 bridgehead atoms. The number of hydrogen-bond donors (Lipinski definition) is 1. The van der Waals surface area contributed by atoms with Gasteiger partial charge in [-0.05, 0) is 30.3 Å². The molecule has 8 heteroatoms. The van der Waals surface area contributed by atoms with Crippen molar-refractivity contribution in [2.45, 2.75) is 6.42 Å². The summed E-state index contributed by atoms with van der Waals surface area (Å²) < 4.78 is 6.49. The standard InChI is InChI=1S/C15H9ClN4O2S/c16-9-3-1-8(2-4-9)15-20-19-11(22-15)7-12-18-13-10(23-12)5-6-17-14(13)21/h1-6H,7H2,(H,17,21). The summed E-state index contributed by atoms with van der Waals surface area (Å²) in [7, 11) is 0. The minimum absolute atomic E-state index is 0.197. The molecule has 0 spiro atoms. The van der Waals surface area contributed by atoms with Crippen LogP contribution in [0.15, 0.2) is 45.7 Å². The fourth-order valence-electron chi connectivity index (χ4n) is 2.15. The van der Waals surface area contributed by atoms with Gasteiger partial charge in [0.05, 0.1) is 11.1 Å². The summed E-state index contributed by atoms with van der Waals surface area (Å²) in [6, 6.07) is 8.99. The quantitative estimate of drug-likeness (QED) is 0.616. The van der Waals surface area contributed by atoms with E-state index < -0.39 is 0 Å². The Balaban J connectivity index is 1.62. The molecule has 0 aliphatic carbocycles. The predicted molar refractivity (Wildman–Crippen MR) is 87.8 cm³/mol. The van der Waals surface area contributed by atoms with Crippen molar-refractivity contribution < 1.29 is 4.42 Å². The van der Waals surface area contributed by atoms with Crippen LogP contribution in [0.3, 0.4) is 0 Å². The van der Waals surface area contributed by atoms with Gasteiger partial charge in [0.15, 0.2) is 0 Å². The Kier molecular flexibility index (Phi) is 3.44. The van der Waals surface area contributed by atoms with Crippen molar-refractivity contribution in [3.05, 3.63) is 62.8 Å². The lowest BCUT2D eigenvalue weighted by Gasteiger charge is -1.94. The predicted octanol–water partition coefficient (Wildman–Crippen LogP) is 3.28. The van der Waals surface area contributed by atoms with Crippen LogP contribution in [0.5, 0.6) is 0 Å². The second kappa shape index (κ2) is 5.60. The monoisotopic (exact) mass is 344 g/mol. The molecule has 23 heavy (non-hydrogen) atoms. The molecule has 1 aromatic carbocycles. The van der Waals surface area contributed by atoms with Crippen LogP contribution in [0.1, 0.15) is 10.9 Å². The van der Waals surface area contributed by atoms with E-state index in [1.165, 1.54) is 11.3 Å². The van der Waals surface area contributed by atoms with Gasteiger partial charge in [-0.1, -0.05) is 11.6 Å². The number of H-pyrrole nitrogens is 1. The maximum Gasteiger partial charge on any atom is 0.275 e. The third-order valence-electron chi connectivity index (χ3n) is 3.22. The number of hydrogen-bond acceptors (Lipinski definition) is 6. The Bertz CT molecular complexity index is 1040. The summed E-state index contributed by atoms with van der Waals surface area (Å²) in [5.74, 6) is 0.876. The largest absolute Gasteiger partial charge is 0.420 e. The molecule has 4 aromatic rings. The van der Waals surface area contributed by atoms with Crippen molar-refractivity contribution in [2.75, 3.05) is 0 Å². The zero-order valence-electron chi connectivity index (χ0n) is 11.6. The number of aromatic nitrogens is 4. The van der Waals surface area contributed by atoms with Gasteiger partial charge in [-0.25, -0.2) is 4.98 Å². The molecule has 114 valence electrons.